The molecule has 0 bridgehead atoms. The van der Waals surface area contributed by atoms with E-state index in [0.29, 0.717) is 18.4 Å². The number of benzene rings is 2. The van der Waals surface area contributed by atoms with E-state index in [4.69, 9.17) is 4.74 Å². The molecule has 0 saturated carbocycles. The predicted molar refractivity (Wildman–Crippen MR) is 103 cm³/mol. The van der Waals surface area contributed by atoms with Crippen LogP contribution < -0.4 is 5.32 Å². The number of amidine groups is 1. The second-order valence-electron chi connectivity index (χ2n) is 7.44. The Bertz CT molecular complexity index is 958. The van der Waals surface area contributed by atoms with E-state index in [1.54, 1.807) is 4.68 Å². The summed E-state index contributed by atoms with van der Waals surface area (Å²) in [6, 6.07) is 18.5. The molecule has 0 aliphatic carbocycles. The molecule has 7 nitrogen and oxygen atoms in total. The maximum absolute atomic E-state index is 6.19. The molecule has 0 fully saturated rings. The van der Waals surface area contributed by atoms with Gasteiger partial charge < -0.3 is 10.1 Å². The number of hydrogen-bond acceptors (Lipinski definition) is 5. The van der Waals surface area contributed by atoms with Crippen LogP contribution in [0.15, 0.2) is 59.6 Å². The summed E-state index contributed by atoms with van der Waals surface area (Å²) in [5.41, 5.74) is 2.79. The number of para-hydroxylation sites is 1. The average Bonchev–Trinajstić information content (AvgIpc) is 3.17. The smallest absolute Gasteiger partial charge is 0.290 e. The van der Waals surface area contributed by atoms with Crippen LogP contribution in [0, 0.1) is 0 Å². The first-order valence-corrected chi connectivity index (χ1v) is 8.92. The van der Waals surface area contributed by atoms with Crippen molar-refractivity contribution in [2.75, 3.05) is 5.32 Å². The van der Waals surface area contributed by atoms with Crippen LogP contribution in [0.25, 0.3) is 0 Å². The molecular weight excluding hydrogens is 340 g/mol. The van der Waals surface area contributed by atoms with Gasteiger partial charge >= 0.3 is 0 Å². The van der Waals surface area contributed by atoms with Gasteiger partial charge in [0.15, 0.2) is 11.9 Å². The largest absolute Gasteiger partial charge is 0.448 e. The van der Waals surface area contributed by atoms with E-state index >= 15 is 0 Å². The summed E-state index contributed by atoms with van der Waals surface area (Å²) in [4.78, 5) is 4.61. The predicted octanol–water partition coefficient (Wildman–Crippen LogP) is 3.52. The van der Waals surface area contributed by atoms with Crippen LogP contribution in [-0.4, -0.2) is 26.2 Å². The minimum atomic E-state index is -0.425. The molecule has 7 heteroatoms. The Hall–Kier alpha value is -3.22. The number of rotatable bonds is 3. The second-order valence-corrected chi connectivity index (χ2v) is 7.44. The third kappa shape index (κ3) is 3.53. The molecule has 27 heavy (non-hydrogen) atoms. The van der Waals surface area contributed by atoms with Gasteiger partial charge in [-0.2, -0.15) is 0 Å². The van der Waals surface area contributed by atoms with Gasteiger partial charge in [-0.3, -0.25) is 0 Å². The lowest BCUT2D eigenvalue weighted by atomic mass is 10.0. The molecule has 3 aromatic rings. The molecule has 2 heterocycles. The summed E-state index contributed by atoms with van der Waals surface area (Å²) >= 11 is 0. The number of nitrogens with one attached hydrogen (secondary N) is 1. The van der Waals surface area contributed by atoms with Crippen molar-refractivity contribution in [1.82, 2.24) is 20.2 Å². The molecule has 0 spiro atoms. The van der Waals surface area contributed by atoms with Gasteiger partial charge in [-0.1, -0.05) is 48.5 Å². The molecule has 4 rings (SSSR count). The van der Waals surface area contributed by atoms with Crippen LogP contribution in [0.2, 0.25) is 0 Å². The van der Waals surface area contributed by atoms with Crippen LogP contribution in [0.1, 0.15) is 43.8 Å². The molecule has 1 aliphatic rings. The Morgan fingerprint density at radius 3 is 2.59 bits per heavy atom. The molecule has 138 valence electrons. The van der Waals surface area contributed by atoms with Gasteiger partial charge in [-0.25, -0.2) is 9.67 Å². The van der Waals surface area contributed by atoms with E-state index in [0.717, 1.165) is 16.8 Å². The van der Waals surface area contributed by atoms with Crippen molar-refractivity contribution in [3.63, 3.8) is 0 Å². The number of fused-ring (bicyclic) bond motifs is 1. The lowest BCUT2D eigenvalue weighted by molar-refractivity contribution is 0.195. The van der Waals surface area contributed by atoms with Crippen LogP contribution in [0.5, 0.6) is 0 Å². The summed E-state index contributed by atoms with van der Waals surface area (Å²) in [7, 11) is 0. The van der Waals surface area contributed by atoms with Crippen LogP contribution in [0.3, 0.4) is 0 Å². The molecule has 1 atom stereocenters. The third-order valence-corrected chi connectivity index (χ3v) is 4.33. The van der Waals surface area contributed by atoms with Gasteiger partial charge in [0.2, 0.25) is 0 Å². The standard InChI is InChI=1S/C20H22N6O/c1-20(2,3)26-18(23-24-25-26)17-15-11-7-8-12-16(15)22-19(27-17)21-13-14-9-5-4-6-10-14/h4-12,17H,13H2,1-3H3,(H,21,22). The Morgan fingerprint density at radius 2 is 1.81 bits per heavy atom. The Morgan fingerprint density at radius 1 is 1.07 bits per heavy atom. The Labute approximate surface area is 158 Å². The summed E-state index contributed by atoms with van der Waals surface area (Å²) < 4.78 is 7.99. The first-order chi connectivity index (χ1) is 13.0. The highest BCUT2D eigenvalue weighted by Gasteiger charge is 2.33. The number of hydrogen-bond donors (Lipinski definition) is 1. The fourth-order valence-electron chi connectivity index (χ4n) is 3.01. The maximum atomic E-state index is 6.19. The number of ether oxygens (including phenoxy) is 1. The molecule has 1 aliphatic heterocycles. The first kappa shape index (κ1) is 17.2. The number of aromatic nitrogens is 4. The molecule has 1 N–H and O–H groups in total. The van der Waals surface area contributed by atoms with Crippen LogP contribution in [-0.2, 0) is 16.8 Å². The quantitative estimate of drug-likeness (QED) is 0.771. The van der Waals surface area contributed by atoms with Crippen molar-refractivity contribution < 1.29 is 4.74 Å². The maximum Gasteiger partial charge on any atom is 0.290 e. The minimum absolute atomic E-state index is 0.261. The molecule has 0 amide bonds. The van der Waals surface area contributed by atoms with Crippen molar-refractivity contribution in [3.05, 3.63) is 71.5 Å². The van der Waals surface area contributed by atoms with Crippen molar-refractivity contribution >= 4 is 11.7 Å². The van der Waals surface area contributed by atoms with Crippen LogP contribution >= 0.6 is 0 Å². The zero-order valence-corrected chi connectivity index (χ0v) is 15.6. The fourth-order valence-corrected chi connectivity index (χ4v) is 3.01. The Balaban J connectivity index is 1.70. The Kier molecular flexibility index (Phi) is 4.35. The van der Waals surface area contributed by atoms with E-state index in [-0.39, 0.29) is 5.54 Å². The summed E-state index contributed by atoms with van der Waals surface area (Å²) in [5, 5.41) is 15.6. The monoisotopic (exact) mass is 362 g/mol. The molecule has 2 aromatic carbocycles. The average molecular weight is 362 g/mol. The van der Waals surface area contributed by atoms with Gasteiger partial charge in [0.1, 0.15) is 0 Å². The van der Waals surface area contributed by atoms with E-state index < -0.39 is 6.10 Å². The van der Waals surface area contributed by atoms with Gasteiger partial charge in [0.05, 0.1) is 12.1 Å². The van der Waals surface area contributed by atoms with Gasteiger partial charge in [0.25, 0.3) is 6.02 Å². The summed E-state index contributed by atoms with van der Waals surface area (Å²) in [5.74, 6) is 0.656. The number of tetrazole rings is 1. The van der Waals surface area contributed by atoms with Gasteiger partial charge in [-0.05, 0) is 42.8 Å². The third-order valence-electron chi connectivity index (χ3n) is 4.33. The van der Waals surface area contributed by atoms with E-state index in [1.807, 2.05) is 54.6 Å². The van der Waals surface area contributed by atoms with Crippen molar-refractivity contribution in [2.45, 2.75) is 39.0 Å². The number of nitrogens with zero attached hydrogens (tertiary/aromatic N) is 5. The fraction of sp³-hybridized carbons (Fsp3) is 0.300. The van der Waals surface area contributed by atoms with Gasteiger partial charge in [-0.15, -0.1) is 5.10 Å². The van der Waals surface area contributed by atoms with E-state index in [1.165, 1.54) is 0 Å². The zero-order chi connectivity index (χ0) is 18.9. The lowest BCUT2D eigenvalue weighted by Crippen LogP contribution is -2.32. The zero-order valence-electron chi connectivity index (χ0n) is 15.6. The SMILES string of the molecule is CC(C)(C)n1nnnc1C1OC(=NCc2ccccc2)Nc2ccccc21. The number of anilines is 1. The summed E-state index contributed by atoms with van der Waals surface area (Å²) in [6.45, 7) is 6.71. The number of aliphatic imine (C=N–C) groups is 1. The molecule has 1 aromatic heterocycles. The van der Waals surface area contributed by atoms with E-state index in [9.17, 15) is 0 Å². The van der Waals surface area contributed by atoms with E-state index in [2.05, 4.69) is 46.6 Å². The lowest BCUT2D eigenvalue weighted by Gasteiger charge is -2.30. The summed E-state index contributed by atoms with van der Waals surface area (Å²) in [6.07, 6.45) is -0.425. The van der Waals surface area contributed by atoms with Gasteiger partial charge in [0, 0.05) is 11.3 Å². The highest BCUT2D eigenvalue weighted by molar-refractivity contribution is 5.92. The van der Waals surface area contributed by atoms with Crippen molar-refractivity contribution in [3.8, 4) is 0 Å². The molecule has 0 radical (unpaired) electrons. The highest BCUT2D eigenvalue weighted by Crippen LogP contribution is 2.35. The molecule has 0 saturated heterocycles. The highest BCUT2D eigenvalue weighted by atomic mass is 16.5. The minimum Gasteiger partial charge on any atom is -0.448 e. The second kappa shape index (κ2) is 6.83. The molecular formula is C20H22N6O. The first-order valence-electron chi connectivity index (χ1n) is 8.92. The topological polar surface area (TPSA) is 77.2 Å². The van der Waals surface area contributed by atoms with Crippen LogP contribution in [0.4, 0.5) is 5.69 Å². The molecule has 1 unspecified atom stereocenters. The van der Waals surface area contributed by atoms with Crippen molar-refractivity contribution in [1.29, 1.82) is 0 Å². The van der Waals surface area contributed by atoms with Crippen molar-refractivity contribution in [2.24, 2.45) is 4.99 Å². The normalized spacial score (nSPS) is 17.9.